The van der Waals surface area contributed by atoms with Crippen LogP contribution in [-0.4, -0.2) is 39.2 Å². The Morgan fingerprint density at radius 1 is 1.21 bits per heavy atom. The van der Waals surface area contributed by atoms with Crippen molar-refractivity contribution in [3.8, 4) is 0 Å². The molecule has 6 nitrogen and oxygen atoms in total. The summed E-state index contributed by atoms with van der Waals surface area (Å²) in [4.78, 5) is 31.8. The van der Waals surface area contributed by atoms with E-state index in [1.165, 1.54) is 24.4 Å². The van der Waals surface area contributed by atoms with Crippen molar-refractivity contribution in [3.05, 3.63) is 46.8 Å². The molecule has 0 aliphatic rings. The number of hydrogen-bond acceptors (Lipinski definition) is 5. The van der Waals surface area contributed by atoms with Gasteiger partial charge in [0.25, 0.3) is 0 Å². The van der Waals surface area contributed by atoms with Crippen molar-refractivity contribution in [1.82, 2.24) is 14.5 Å². The number of methoxy groups -OCH3 is 1. The first kappa shape index (κ1) is 20.2. The van der Waals surface area contributed by atoms with Crippen LogP contribution in [-0.2, 0) is 16.1 Å². The van der Waals surface area contributed by atoms with E-state index in [0.29, 0.717) is 25.1 Å². The Hall–Kier alpha value is -2.54. The molecular formula is C21H25N3O3S. The number of aromatic nitrogens is 3. The standard InChI is InChI=1S/C21H25N3O3S/c1-13-7-8-17-18(10-13)23-21(22-17)28-12-19(25)16-11-14(2)24(15(16)3)9-5-6-20(26)27-4/h7-8,10-11H,5-6,9,12H2,1-4H3,(H,22,23). The second-order valence-corrected chi connectivity index (χ2v) is 7.85. The molecule has 0 atom stereocenters. The number of carbonyl (C=O) groups excluding carboxylic acids is 2. The van der Waals surface area contributed by atoms with Gasteiger partial charge in [0.15, 0.2) is 10.9 Å². The average Bonchev–Trinajstić information content (AvgIpc) is 3.20. The number of thioether (sulfide) groups is 1. The van der Waals surface area contributed by atoms with Gasteiger partial charge in [-0.3, -0.25) is 9.59 Å². The molecule has 1 aromatic carbocycles. The maximum Gasteiger partial charge on any atom is 0.305 e. The Kier molecular flexibility index (Phi) is 6.24. The number of nitrogens with one attached hydrogen (secondary N) is 1. The van der Waals surface area contributed by atoms with Crippen molar-refractivity contribution < 1.29 is 14.3 Å². The summed E-state index contributed by atoms with van der Waals surface area (Å²) in [7, 11) is 1.39. The van der Waals surface area contributed by atoms with Gasteiger partial charge in [-0.15, -0.1) is 0 Å². The fraction of sp³-hybridized carbons (Fsp3) is 0.381. The lowest BCUT2D eigenvalue weighted by atomic mass is 10.2. The highest BCUT2D eigenvalue weighted by Gasteiger charge is 2.17. The Morgan fingerprint density at radius 2 is 2.00 bits per heavy atom. The topological polar surface area (TPSA) is 77.0 Å². The zero-order chi connectivity index (χ0) is 20.3. The molecule has 0 saturated carbocycles. The van der Waals surface area contributed by atoms with Gasteiger partial charge in [0, 0.05) is 29.9 Å². The first-order valence-corrected chi connectivity index (χ1v) is 10.2. The maximum absolute atomic E-state index is 12.8. The molecule has 3 aromatic rings. The second kappa shape index (κ2) is 8.65. The summed E-state index contributed by atoms with van der Waals surface area (Å²) in [5, 5.41) is 0.751. The van der Waals surface area contributed by atoms with Gasteiger partial charge < -0.3 is 14.3 Å². The molecule has 1 N–H and O–H groups in total. The lowest BCUT2D eigenvalue weighted by Crippen LogP contribution is -2.08. The van der Waals surface area contributed by atoms with Crippen LogP contribution in [0.3, 0.4) is 0 Å². The number of aryl methyl sites for hydroxylation is 2. The van der Waals surface area contributed by atoms with E-state index in [-0.39, 0.29) is 11.8 Å². The first-order chi connectivity index (χ1) is 13.4. The number of imidazole rings is 1. The molecule has 0 bridgehead atoms. The number of Topliss-reactive ketones (excluding diaryl/α,β-unsaturated/α-hetero) is 1. The Morgan fingerprint density at radius 3 is 2.75 bits per heavy atom. The van der Waals surface area contributed by atoms with Gasteiger partial charge in [-0.25, -0.2) is 4.98 Å². The molecule has 0 amide bonds. The summed E-state index contributed by atoms with van der Waals surface area (Å²) in [5.74, 6) is 0.191. The predicted molar refractivity (Wildman–Crippen MR) is 111 cm³/mol. The number of carbonyl (C=O) groups is 2. The molecule has 7 heteroatoms. The number of hydrogen-bond donors (Lipinski definition) is 1. The number of aromatic amines is 1. The van der Waals surface area contributed by atoms with E-state index in [0.717, 1.165) is 33.1 Å². The fourth-order valence-corrected chi connectivity index (χ4v) is 4.06. The lowest BCUT2D eigenvalue weighted by Gasteiger charge is -2.09. The van der Waals surface area contributed by atoms with Crippen molar-refractivity contribution in [2.24, 2.45) is 0 Å². The van der Waals surface area contributed by atoms with E-state index in [1.54, 1.807) is 0 Å². The molecule has 3 rings (SSSR count). The van der Waals surface area contributed by atoms with E-state index in [9.17, 15) is 9.59 Å². The average molecular weight is 400 g/mol. The van der Waals surface area contributed by atoms with E-state index in [1.807, 2.05) is 39.0 Å². The molecule has 2 heterocycles. The van der Waals surface area contributed by atoms with Crippen LogP contribution in [0.15, 0.2) is 29.4 Å². The first-order valence-electron chi connectivity index (χ1n) is 9.25. The smallest absolute Gasteiger partial charge is 0.305 e. The Bertz CT molecular complexity index is 1020. The van der Waals surface area contributed by atoms with E-state index in [2.05, 4.69) is 25.3 Å². The third-order valence-corrected chi connectivity index (χ3v) is 5.69. The fourth-order valence-electron chi connectivity index (χ4n) is 3.29. The maximum atomic E-state index is 12.8. The summed E-state index contributed by atoms with van der Waals surface area (Å²) in [6, 6.07) is 7.99. The van der Waals surface area contributed by atoms with Crippen LogP contribution >= 0.6 is 11.8 Å². The van der Waals surface area contributed by atoms with Crippen LogP contribution < -0.4 is 0 Å². The third-order valence-electron chi connectivity index (χ3n) is 4.82. The van der Waals surface area contributed by atoms with Crippen molar-refractivity contribution in [2.45, 2.75) is 45.3 Å². The van der Waals surface area contributed by atoms with Crippen molar-refractivity contribution in [1.29, 1.82) is 0 Å². The lowest BCUT2D eigenvalue weighted by molar-refractivity contribution is -0.140. The van der Waals surface area contributed by atoms with E-state index < -0.39 is 0 Å². The zero-order valence-corrected chi connectivity index (χ0v) is 17.5. The predicted octanol–water partition coefficient (Wildman–Crippen LogP) is 4.22. The van der Waals surface area contributed by atoms with Gasteiger partial charge in [-0.05, 0) is 51.0 Å². The Labute approximate surface area is 168 Å². The van der Waals surface area contributed by atoms with Crippen LogP contribution in [0.2, 0.25) is 0 Å². The minimum Gasteiger partial charge on any atom is -0.469 e. The van der Waals surface area contributed by atoms with Crippen molar-refractivity contribution in [3.63, 3.8) is 0 Å². The van der Waals surface area contributed by atoms with Gasteiger partial charge in [-0.1, -0.05) is 17.8 Å². The highest BCUT2D eigenvalue weighted by Crippen LogP contribution is 2.23. The van der Waals surface area contributed by atoms with Gasteiger partial charge in [0.1, 0.15) is 0 Å². The highest BCUT2D eigenvalue weighted by molar-refractivity contribution is 7.99. The monoisotopic (exact) mass is 399 g/mol. The van der Waals surface area contributed by atoms with Crippen LogP contribution in [0.1, 0.15) is 40.2 Å². The molecule has 148 valence electrons. The minimum atomic E-state index is -0.212. The van der Waals surface area contributed by atoms with Crippen molar-refractivity contribution >= 4 is 34.5 Å². The van der Waals surface area contributed by atoms with Crippen LogP contribution in [0.5, 0.6) is 0 Å². The summed E-state index contributed by atoms with van der Waals surface area (Å²) in [5.41, 5.74) is 5.75. The third kappa shape index (κ3) is 4.47. The number of H-pyrrole nitrogens is 1. The number of benzene rings is 1. The molecule has 28 heavy (non-hydrogen) atoms. The zero-order valence-electron chi connectivity index (χ0n) is 16.7. The van der Waals surface area contributed by atoms with Crippen molar-refractivity contribution in [2.75, 3.05) is 12.9 Å². The van der Waals surface area contributed by atoms with Gasteiger partial charge in [-0.2, -0.15) is 0 Å². The molecule has 0 fully saturated rings. The Balaban J connectivity index is 1.65. The van der Waals surface area contributed by atoms with Gasteiger partial charge >= 0.3 is 5.97 Å². The number of nitrogens with zero attached hydrogens (tertiary/aromatic N) is 2. The van der Waals surface area contributed by atoms with E-state index >= 15 is 0 Å². The quantitative estimate of drug-likeness (QED) is 0.349. The molecule has 0 radical (unpaired) electrons. The summed E-state index contributed by atoms with van der Waals surface area (Å²) in [6.45, 7) is 6.66. The molecule has 0 spiro atoms. The number of fused-ring (bicyclic) bond motifs is 1. The number of rotatable bonds is 8. The normalized spacial score (nSPS) is 11.1. The number of ether oxygens (including phenoxy) is 1. The number of ketones is 1. The minimum absolute atomic E-state index is 0.0777. The molecule has 0 unspecified atom stereocenters. The van der Waals surface area contributed by atoms with Crippen LogP contribution in [0, 0.1) is 20.8 Å². The number of esters is 1. The summed E-state index contributed by atoms with van der Waals surface area (Å²) in [6.07, 6.45) is 1.06. The largest absolute Gasteiger partial charge is 0.469 e. The summed E-state index contributed by atoms with van der Waals surface area (Å²) >= 11 is 1.42. The van der Waals surface area contributed by atoms with Crippen LogP contribution in [0.4, 0.5) is 0 Å². The molecular weight excluding hydrogens is 374 g/mol. The van der Waals surface area contributed by atoms with Gasteiger partial charge in [0.05, 0.1) is 23.9 Å². The van der Waals surface area contributed by atoms with E-state index in [4.69, 9.17) is 0 Å². The molecule has 0 saturated heterocycles. The molecule has 2 aromatic heterocycles. The SMILES string of the molecule is COC(=O)CCCn1c(C)cc(C(=O)CSc2nc3ccc(C)cc3[nH]2)c1C. The van der Waals surface area contributed by atoms with Gasteiger partial charge in [0.2, 0.25) is 0 Å². The molecule has 0 aliphatic heterocycles. The van der Waals surface area contributed by atoms with Crippen LogP contribution in [0.25, 0.3) is 11.0 Å². The molecule has 0 aliphatic carbocycles. The summed E-state index contributed by atoms with van der Waals surface area (Å²) < 4.78 is 6.77. The highest BCUT2D eigenvalue weighted by atomic mass is 32.2. The second-order valence-electron chi connectivity index (χ2n) is 6.89.